The predicted molar refractivity (Wildman–Crippen MR) is 115 cm³/mol. The van der Waals surface area contributed by atoms with Crippen LogP contribution in [0.25, 0.3) is 0 Å². The zero-order valence-corrected chi connectivity index (χ0v) is 17.3. The Hall–Kier alpha value is -2.24. The Morgan fingerprint density at radius 3 is 2.83 bits per heavy atom. The smallest absolute Gasteiger partial charge is 0.151 e. The number of ether oxygens (including phenoxy) is 1. The zero-order chi connectivity index (χ0) is 20.1. The van der Waals surface area contributed by atoms with Crippen molar-refractivity contribution in [2.45, 2.75) is 51.2 Å². The Balaban J connectivity index is 1.15. The molecule has 5 heteroatoms. The van der Waals surface area contributed by atoms with Crippen molar-refractivity contribution >= 4 is 11.6 Å². The molecule has 5 nitrogen and oxygen atoms in total. The van der Waals surface area contributed by atoms with Crippen LogP contribution in [0.5, 0.6) is 0 Å². The summed E-state index contributed by atoms with van der Waals surface area (Å²) in [6.45, 7) is 5.15. The van der Waals surface area contributed by atoms with Gasteiger partial charge < -0.3 is 10.1 Å². The van der Waals surface area contributed by atoms with Crippen molar-refractivity contribution in [3.8, 4) is 0 Å². The summed E-state index contributed by atoms with van der Waals surface area (Å²) in [6, 6.07) is 14.3. The first kappa shape index (κ1) is 20.0. The van der Waals surface area contributed by atoms with Crippen molar-refractivity contribution in [1.82, 2.24) is 9.88 Å². The van der Waals surface area contributed by atoms with Gasteiger partial charge in [0.15, 0.2) is 5.78 Å². The molecular formula is C24H31N3O2. The summed E-state index contributed by atoms with van der Waals surface area (Å²) in [5.74, 6) is 1.28. The largest absolute Gasteiger partial charge is 0.376 e. The Morgan fingerprint density at radius 2 is 2.03 bits per heavy atom. The summed E-state index contributed by atoms with van der Waals surface area (Å²) in [4.78, 5) is 19.1. The molecule has 29 heavy (non-hydrogen) atoms. The molecule has 1 atom stereocenters. The molecule has 2 aliphatic rings. The van der Waals surface area contributed by atoms with Gasteiger partial charge in [-0.05, 0) is 56.2 Å². The van der Waals surface area contributed by atoms with Crippen molar-refractivity contribution in [3.63, 3.8) is 0 Å². The summed E-state index contributed by atoms with van der Waals surface area (Å²) in [7, 11) is 0. The average molecular weight is 394 g/mol. The van der Waals surface area contributed by atoms with Crippen LogP contribution >= 0.6 is 0 Å². The molecule has 4 rings (SSSR count). The molecule has 2 aliphatic heterocycles. The van der Waals surface area contributed by atoms with E-state index in [9.17, 15) is 4.79 Å². The highest BCUT2D eigenvalue weighted by Gasteiger charge is 2.35. The fourth-order valence-electron chi connectivity index (χ4n) is 4.29. The molecule has 2 aromatic rings. The van der Waals surface area contributed by atoms with E-state index < -0.39 is 0 Å². The average Bonchev–Trinajstić information content (AvgIpc) is 2.71. The van der Waals surface area contributed by atoms with Gasteiger partial charge in [-0.2, -0.15) is 0 Å². The van der Waals surface area contributed by atoms with Crippen molar-refractivity contribution < 1.29 is 9.53 Å². The number of aromatic nitrogens is 1. The number of aryl methyl sites for hydroxylation is 2. The molecule has 0 spiro atoms. The van der Waals surface area contributed by atoms with Crippen LogP contribution in [0.4, 0.5) is 5.82 Å². The van der Waals surface area contributed by atoms with E-state index >= 15 is 0 Å². The minimum absolute atomic E-state index is 0.139. The second-order valence-corrected chi connectivity index (χ2v) is 8.17. The SMILES string of the molecule is CC(=O)[C@H](c1ccccc1)N1CC(OCCCCc2ccc3c(n2)NCCC3)C1. The number of hydrogen-bond acceptors (Lipinski definition) is 5. The first-order valence-corrected chi connectivity index (χ1v) is 10.8. The van der Waals surface area contributed by atoms with Crippen molar-refractivity contribution in [2.75, 3.05) is 31.6 Å². The third kappa shape index (κ3) is 5.03. The molecule has 1 N–H and O–H groups in total. The maximum Gasteiger partial charge on any atom is 0.151 e. The fourth-order valence-corrected chi connectivity index (χ4v) is 4.29. The summed E-state index contributed by atoms with van der Waals surface area (Å²) in [5, 5.41) is 3.40. The minimum atomic E-state index is -0.139. The molecule has 0 aliphatic carbocycles. The van der Waals surface area contributed by atoms with Crippen LogP contribution in [-0.4, -0.2) is 48.0 Å². The number of ketones is 1. The Labute approximate surface area is 173 Å². The topological polar surface area (TPSA) is 54.5 Å². The quantitative estimate of drug-likeness (QED) is 0.657. The number of nitrogens with zero attached hydrogens (tertiary/aromatic N) is 2. The molecule has 1 saturated heterocycles. The summed E-state index contributed by atoms with van der Waals surface area (Å²) < 4.78 is 6.02. The standard InChI is InChI=1S/C24H31N3O2/c1-18(28)23(19-8-3-2-4-9-19)27-16-22(17-27)29-15-6-5-11-21-13-12-20-10-7-14-25-24(20)26-21/h2-4,8-9,12-13,22-23H,5-7,10-11,14-17H2,1H3,(H,25,26)/t23-/m1/s1. The van der Waals surface area contributed by atoms with E-state index in [1.165, 1.54) is 17.7 Å². The Morgan fingerprint density at radius 1 is 1.21 bits per heavy atom. The van der Waals surface area contributed by atoms with Gasteiger partial charge in [-0.3, -0.25) is 9.69 Å². The van der Waals surface area contributed by atoms with Crippen LogP contribution in [0.2, 0.25) is 0 Å². The number of unbranched alkanes of at least 4 members (excludes halogenated alkanes) is 1. The second kappa shape index (κ2) is 9.51. The third-order valence-electron chi connectivity index (χ3n) is 5.87. The van der Waals surface area contributed by atoms with Gasteiger partial charge in [-0.1, -0.05) is 36.4 Å². The summed E-state index contributed by atoms with van der Waals surface area (Å²) in [5.41, 5.74) is 3.59. The van der Waals surface area contributed by atoms with Crippen LogP contribution in [0.15, 0.2) is 42.5 Å². The number of hydrogen-bond donors (Lipinski definition) is 1. The number of fused-ring (bicyclic) bond motifs is 1. The number of nitrogens with one attached hydrogen (secondary N) is 1. The first-order valence-electron chi connectivity index (χ1n) is 10.8. The highest BCUT2D eigenvalue weighted by Crippen LogP contribution is 2.28. The van der Waals surface area contributed by atoms with Gasteiger partial charge in [0.1, 0.15) is 5.82 Å². The van der Waals surface area contributed by atoms with Crippen LogP contribution in [0, 0.1) is 0 Å². The number of anilines is 1. The van der Waals surface area contributed by atoms with Gasteiger partial charge in [-0.15, -0.1) is 0 Å². The third-order valence-corrected chi connectivity index (χ3v) is 5.87. The molecule has 1 fully saturated rings. The highest BCUT2D eigenvalue weighted by atomic mass is 16.5. The number of carbonyl (C=O) groups excluding carboxylic acids is 1. The van der Waals surface area contributed by atoms with Crippen molar-refractivity contribution in [3.05, 3.63) is 59.3 Å². The van der Waals surface area contributed by atoms with E-state index in [0.717, 1.165) is 63.3 Å². The Bertz CT molecular complexity index is 818. The molecule has 0 unspecified atom stereocenters. The van der Waals surface area contributed by atoms with E-state index in [1.807, 2.05) is 30.3 Å². The number of Topliss-reactive ketones (excluding diaryl/α,β-unsaturated/α-hetero) is 1. The van der Waals surface area contributed by atoms with Gasteiger partial charge in [0, 0.05) is 31.9 Å². The lowest BCUT2D eigenvalue weighted by atomic mass is 9.97. The van der Waals surface area contributed by atoms with Gasteiger partial charge in [0.25, 0.3) is 0 Å². The molecular weight excluding hydrogens is 362 g/mol. The zero-order valence-electron chi connectivity index (χ0n) is 17.3. The predicted octanol–water partition coefficient (Wildman–Crippen LogP) is 3.79. The van der Waals surface area contributed by atoms with Gasteiger partial charge in [0.2, 0.25) is 0 Å². The number of rotatable bonds is 9. The molecule has 0 amide bonds. The van der Waals surface area contributed by atoms with Crippen molar-refractivity contribution in [2.24, 2.45) is 0 Å². The lowest BCUT2D eigenvalue weighted by molar-refractivity contribution is -0.130. The molecule has 1 aromatic heterocycles. The van der Waals surface area contributed by atoms with E-state index in [4.69, 9.17) is 9.72 Å². The van der Waals surface area contributed by atoms with Crippen LogP contribution in [0.3, 0.4) is 0 Å². The van der Waals surface area contributed by atoms with Gasteiger partial charge in [0.05, 0.1) is 12.1 Å². The number of carbonyl (C=O) groups is 1. The monoisotopic (exact) mass is 393 g/mol. The maximum absolute atomic E-state index is 12.1. The Kier molecular flexibility index (Phi) is 6.57. The molecule has 1 aromatic carbocycles. The van der Waals surface area contributed by atoms with Gasteiger partial charge in [-0.25, -0.2) is 4.98 Å². The molecule has 0 saturated carbocycles. The number of benzene rings is 1. The lowest BCUT2D eigenvalue weighted by Crippen LogP contribution is -2.54. The van der Waals surface area contributed by atoms with E-state index in [2.05, 4.69) is 22.3 Å². The first-order chi connectivity index (χ1) is 14.2. The van der Waals surface area contributed by atoms with Crippen molar-refractivity contribution in [1.29, 1.82) is 0 Å². The number of pyridine rings is 1. The maximum atomic E-state index is 12.1. The molecule has 0 bridgehead atoms. The molecule has 0 radical (unpaired) electrons. The molecule has 154 valence electrons. The van der Waals surface area contributed by atoms with Gasteiger partial charge >= 0.3 is 0 Å². The number of likely N-dealkylation sites (tertiary alicyclic amines) is 1. The van der Waals surface area contributed by atoms with E-state index in [0.29, 0.717) is 0 Å². The highest BCUT2D eigenvalue weighted by molar-refractivity contribution is 5.83. The fraction of sp³-hybridized carbons (Fsp3) is 0.500. The second-order valence-electron chi connectivity index (χ2n) is 8.17. The minimum Gasteiger partial charge on any atom is -0.376 e. The lowest BCUT2D eigenvalue weighted by Gasteiger charge is -2.43. The van der Waals surface area contributed by atoms with Crippen LogP contribution < -0.4 is 5.32 Å². The normalized spacial score (nSPS) is 17.8. The summed E-state index contributed by atoms with van der Waals surface area (Å²) in [6.07, 6.45) is 5.70. The van der Waals surface area contributed by atoms with Crippen LogP contribution in [-0.2, 0) is 22.4 Å². The van der Waals surface area contributed by atoms with E-state index in [1.54, 1.807) is 6.92 Å². The van der Waals surface area contributed by atoms with E-state index in [-0.39, 0.29) is 17.9 Å². The van der Waals surface area contributed by atoms with Crippen LogP contribution in [0.1, 0.15) is 49.0 Å². The molecule has 3 heterocycles. The summed E-state index contributed by atoms with van der Waals surface area (Å²) >= 11 is 0.